The summed E-state index contributed by atoms with van der Waals surface area (Å²) in [6, 6.07) is 7.49. The molecule has 0 aliphatic rings. The van der Waals surface area contributed by atoms with E-state index in [0.717, 1.165) is 0 Å². The molecular formula is C19H21NO7. The largest absolute Gasteiger partial charge is 0.508 e. The predicted molar refractivity (Wildman–Crippen MR) is 97.9 cm³/mol. The lowest BCUT2D eigenvalue weighted by atomic mass is 10.1. The van der Waals surface area contributed by atoms with Crippen molar-refractivity contribution in [1.29, 1.82) is 0 Å². The van der Waals surface area contributed by atoms with Gasteiger partial charge < -0.3 is 29.4 Å². The number of hydrogen-bond donors (Lipinski definition) is 2. The molecule has 2 aromatic carbocycles. The van der Waals surface area contributed by atoms with Gasteiger partial charge in [0.15, 0.2) is 18.1 Å². The van der Waals surface area contributed by atoms with Crippen LogP contribution in [0.3, 0.4) is 0 Å². The maximum absolute atomic E-state index is 12.1. The van der Waals surface area contributed by atoms with Crippen LogP contribution in [0.15, 0.2) is 30.3 Å². The van der Waals surface area contributed by atoms with Gasteiger partial charge in [0.05, 0.1) is 26.9 Å². The van der Waals surface area contributed by atoms with Gasteiger partial charge in [-0.15, -0.1) is 0 Å². The highest BCUT2D eigenvalue weighted by atomic mass is 16.5. The van der Waals surface area contributed by atoms with Gasteiger partial charge in [0, 0.05) is 17.8 Å². The normalized spacial score (nSPS) is 10.1. The minimum Gasteiger partial charge on any atom is -0.508 e. The first kappa shape index (κ1) is 19.9. The van der Waals surface area contributed by atoms with Crippen LogP contribution in [0.2, 0.25) is 0 Å². The zero-order chi connectivity index (χ0) is 20.0. The SMILES string of the molecule is COc1cc(NC(=O)COC(=O)c2ccc(C)c(O)c2)cc(OC)c1OC. The first-order chi connectivity index (χ1) is 12.9. The second-order valence-corrected chi connectivity index (χ2v) is 5.54. The molecule has 0 spiro atoms. The van der Waals surface area contributed by atoms with Crippen LogP contribution in [-0.2, 0) is 9.53 Å². The van der Waals surface area contributed by atoms with Crippen molar-refractivity contribution in [1.82, 2.24) is 0 Å². The molecule has 0 aliphatic carbocycles. The Morgan fingerprint density at radius 3 is 2.15 bits per heavy atom. The molecule has 1 amide bonds. The molecule has 0 unspecified atom stereocenters. The van der Waals surface area contributed by atoms with Crippen molar-refractivity contribution in [3.8, 4) is 23.0 Å². The van der Waals surface area contributed by atoms with E-state index in [1.807, 2.05) is 0 Å². The highest BCUT2D eigenvalue weighted by Gasteiger charge is 2.16. The van der Waals surface area contributed by atoms with Gasteiger partial charge >= 0.3 is 5.97 Å². The fraction of sp³-hybridized carbons (Fsp3) is 0.263. The van der Waals surface area contributed by atoms with Crippen LogP contribution in [0.25, 0.3) is 0 Å². The van der Waals surface area contributed by atoms with E-state index in [2.05, 4.69) is 5.32 Å². The zero-order valence-electron chi connectivity index (χ0n) is 15.5. The predicted octanol–water partition coefficient (Wildman–Crippen LogP) is 2.52. The molecular weight excluding hydrogens is 354 g/mol. The van der Waals surface area contributed by atoms with Crippen LogP contribution >= 0.6 is 0 Å². The number of aryl methyl sites for hydroxylation is 1. The number of methoxy groups -OCH3 is 3. The standard InChI is InChI=1S/C19H21NO7/c1-11-5-6-12(7-14(11)21)19(23)27-10-17(22)20-13-8-15(24-2)18(26-4)16(9-13)25-3/h5-9,21H,10H2,1-4H3,(H,20,22). The van der Waals surface area contributed by atoms with Crippen molar-refractivity contribution in [2.75, 3.05) is 33.3 Å². The topological polar surface area (TPSA) is 103 Å². The van der Waals surface area contributed by atoms with Crippen molar-refractivity contribution in [3.05, 3.63) is 41.5 Å². The Morgan fingerprint density at radius 2 is 1.63 bits per heavy atom. The number of amides is 1. The number of anilines is 1. The Bertz CT molecular complexity index is 823. The molecule has 2 aromatic rings. The minimum atomic E-state index is -0.717. The van der Waals surface area contributed by atoms with E-state index in [-0.39, 0.29) is 11.3 Å². The Hall–Kier alpha value is -3.42. The Balaban J connectivity index is 2.03. The third kappa shape index (κ3) is 4.81. The summed E-state index contributed by atoms with van der Waals surface area (Å²) in [5.74, 6) is -0.146. The van der Waals surface area contributed by atoms with E-state index in [0.29, 0.717) is 28.5 Å². The highest BCUT2D eigenvalue weighted by molar-refractivity contribution is 5.96. The van der Waals surface area contributed by atoms with Crippen LogP contribution in [0.5, 0.6) is 23.0 Å². The third-order valence-electron chi connectivity index (χ3n) is 3.73. The Labute approximate surface area is 156 Å². The van der Waals surface area contributed by atoms with Crippen LogP contribution in [0.4, 0.5) is 5.69 Å². The number of phenolic OH excluding ortho intramolecular Hbond substituents is 1. The van der Waals surface area contributed by atoms with Crippen LogP contribution < -0.4 is 19.5 Å². The van der Waals surface area contributed by atoms with Gasteiger partial charge in [-0.05, 0) is 24.6 Å². The molecule has 0 heterocycles. The number of nitrogens with one attached hydrogen (secondary N) is 1. The molecule has 0 fully saturated rings. The molecule has 0 aromatic heterocycles. The summed E-state index contributed by atoms with van der Waals surface area (Å²) in [6.45, 7) is 1.21. The van der Waals surface area contributed by atoms with Crippen molar-refractivity contribution in [2.45, 2.75) is 6.92 Å². The average molecular weight is 375 g/mol. The zero-order valence-corrected chi connectivity index (χ0v) is 15.5. The summed E-state index contributed by atoms with van der Waals surface area (Å²) in [7, 11) is 4.39. The molecule has 0 bridgehead atoms. The third-order valence-corrected chi connectivity index (χ3v) is 3.73. The number of carbonyl (C=O) groups is 2. The summed E-state index contributed by atoms with van der Waals surface area (Å²) >= 11 is 0. The molecule has 0 aliphatic heterocycles. The number of ether oxygens (including phenoxy) is 4. The maximum atomic E-state index is 12.1. The number of phenols is 1. The van der Waals surface area contributed by atoms with E-state index in [1.54, 1.807) is 25.1 Å². The molecule has 0 saturated heterocycles. The van der Waals surface area contributed by atoms with Gasteiger partial charge in [-0.3, -0.25) is 4.79 Å². The molecule has 8 heteroatoms. The van der Waals surface area contributed by atoms with Crippen LogP contribution in [0, 0.1) is 6.92 Å². The van der Waals surface area contributed by atoms with Crippen molar-refractivity contribution in [2.24, 2.45) is 0 Å². The number of esters is 1. The lowest BCUT2D eigenvalue weighted by molar-refractivity contribution is -0.119. The minimum absolute atomic E-state index is 0.0219. The molecule has 144 valence electrons. The van der Waals surface area contributed by atoms with E-state index in [1.165, 1.54) is 33.5 Å². The summed E-state index contributed by atoms with van der Waals surface area (Å²) in [4.78, 5) is 24.1. The van der Waals surface area contributed by atoms with E-state index < -0.39 is 18.5 Å². The lowest BCUT2D eigenvalue weighted by Gasteiger charge is -2.14. The summed E-state index contributed by atoms with van der Waals surface area (Å²) < 4.78 is 20.6. The molecule has 0 atom stereocenters. The quantitative estimate of drug-likeness (QED) is 0.717. The van der Waals surface area contributed by atoms with E-state index >= 15 is 0 Å². The van der Waals surface area contributed by atoms with Gasteiger partial charge in [0.1, 0.15) is 5.75 Å². The number of benzene rings is 2. The summed E-state index contributed by atoms with van der Waals surface area (Å²) in [6.07, 6.45) is 0. The Kier molecular flexibility index (Phi) is 6.48. The van der Waals surface area contributed by atoms with E-state index in [9.17, 15) is 14.7 Å². The summed E-state index contributed by atoms with van der Waals surface area (Å²) in [5, 5.41) is 12.2. The second kappa shape index (κ2) is 8.79. The lowest BCUT2D eigenvalue weighted by Crippen LogP contribution is -2.21. The fourth-order valence-corrected chi connectivity index (χ4v) is 2.30. The Morgan fingerprint density at radius 1 is 1.00 bits per heavy atom. The average Bonchev–Trinajstić information content (AvgIpc) is 2.67. The maximum Gasteiger partial charge on any atom is 0.338 e. The molecule has 2 rings (SSSR count). The van der Waals surface area contributed by atoms with Crippen molar-refractivity contribution >= 4 is 17.6 Å². The van der Waals surface area contributed by atoms with Gasteiger partial charge in [-0.1, -0.05) is 6.07 Å². The number of rotatable bonds is 7. The van der Waals surface area contributed by atoms with Gasteiger partial charge in [-0.2, -0.15) is 0 Å². The molecule has 0 saturated carbocycles. The van der Waals surface area contributed by atoms with E-state index in [4.69, 9.17) is 18.9 Å². The molecule has 2 N–H and O–H groups in total. The fourth-order valence-electron chi connectivity index (χ4n) is 2.30. The van der Waals surface area contributed by atoms with Gasteiger partial charge in [0.25, 0.3) is 5.91 Å². The van der Waals surface area contributed by atoms with Crippen molar-refractivity contribution < 1.29 is 33.6 Å². The smallest absolute Gasteiger partial charge is 0.338 e. The number of hydrogen-bond acceptors (Lipinski definition) is 7. The monoisotopic (exact) mass is 375 g/mol. The molecule has 27 heavy (non-hydrogen) atoms. The number of carbonyl (C=O) groups excluding carboxylic acids is 2. The first-order valence-electron chi connectivity index (χ1n) is 7.96. The summed E-state index contributed by atoms with van der Waals surface area (Å²) in [5.41, 5.74) is 1.17. The van der Waals surface area contributed by atoms with Crippen LogP contribution in [-0.4, -0.2) is 44.9 Å². The first-order valence-corrected chi connectivity index (χ1v) is 7.96. The number of aromatic hydroxyl groups is 1. The second-order valence-electron chi connectivity index (χ2n) is 5.54. The van der Waals surface area contributed by atoms with Gasteiger partial charge in [0.2, 0.25) is 5.75 Å². The highest BCUT2D eigenvalue weighted by Crippen LogP contribution is 2.39. The molecule has 8 nitrogen and oxygen atoms in total. The van der Waals surface area contributed by atoms with Crippen LogP contribution in [0.1, 0.15) is 15.9 Å². The van der Waals surface area contributed by atoms with Gasteiger partial charge in [-0.25, -0.2) is 4.79 Å². The van der Waals surface area contributed by atoms with Crippen molar-refractivity contribution in [3.63, 3.8) is 0 Å². The molecule has 0 radical (unpaired) electrons.